The van der Waals surface area contributed by atoms with Crippen LogP contribution < -0.4 is 15.8 Å². The molecular weight excluding hydrogens is 312 g/mol. The number of thiophene rings is 1. The third-order valence-electron chi connectivity index (χ3n) is 3.15. The summed E-state index contributed by atoms with van der Waals surface area (Å²) in [7, 11) is 0. The van der Waals surface area contributed by atoms with Gasteiger partial charge in [0.25, 0.3) is 5.91 Å². The van der Waals surface area contributed by atoms with Crippen molar-refractivity contribution in [2.75, 3.05) is 12.3 Å². The van der Waals surface area contributed by atoms with Crippen LogP contribution in [0.1, 0.15) is 22.2 Å². The van der Waals surface area contributed by atoms with Gasteiger partial charge in [-0.15, -0.1) is 11.3 Å². The van der Waals surface area contributed by atoms with Gasteiger partial charge in [-0.25, -0.2) is 4.98 Å². The van der Waals surface area contributed by atoms with E-state index in [0.29, 0.717) is 34.1 Å². The molecule has 3 N–H and O–H groups in total. The molecule has 0 atom stereocenters. The van der Waals surface area contributed by atoms with Crippen molar-refractivity contribution in [3.63, 3.8) is 0 Å². The molecule has 0 spiro atoms. The number of amides is 1. The number of anilines is 1. The van der Waals surface area contributed by atoms with Gasteiger partial charge < -0.3 is 15.8 Å². The Balaban J connectivity index is 1.91. The molecule has 23 heavy (non-hydrogen) atoms. The van der Waals surface area contributed by atoms with E-state index >= 15 is 0 Å². The Morgan fingerprint density at radius 1 is 1.30 bits per heavy atom. The lowest BCUT2D eigenvalue weighted by molar-refractivity contribution is 0.0960. The van der Waals surface area contributed by atoms with E-state index in [4.69, 9.17) is 10.5 Å². The van der Waals surface area contributed by atoms with E-state index in [1.54, 1.807) is 6.07 Å². The van der Waals surface area contributed by atoms with Gasteiger partial charge in [-0.3, -0.25) is 4.79 Å². The Morgan fingerprint density at radius 2 is 2.09 bits per heavy atom. The maximum Gasteiger partial charge on any atom is 0.261 e. The first-order chi connectivity index (χ1) is 11.2. The van der Waals surface area contributed by atoms with Crippen LogP contribution in [0.2, 0.25) is 0 Å². The Labute approximate surface area is 137 Å². The van der Waals surface area contributed by atoms with Crippen molar-refractivity contribution in [1.29, 1.82) is 0 Å². The summed E-state index contributed by atoms with van der Waals surface area (Å²) < 4.78 is 5.78. The van der Waals surface area contributed by atoms with Crippen molar-refractivity contribution in [3.05, 3.63) is 46.8 Å². The quantitative estimate of drug-likeness (QED) is 0.751. The Morgan fingerprint density at radius 3 is 2.83 bits per heavy atom. The highest BCUT2D eigenvalue weighted by atomic mass is 32.1. The predicted octanol–water partition coefficient (Wildman–Crippen LogP) is 2.60. The molecule has 2 aromatic heterocycles. The van der Waals surface area contributed by atoms with Gasteiger partial charge >= 0.3 is 0 Å². The van der Waals surface area contributed by atoms with E-state index in [1.165, 1.54) is 11.3 Å². The highest BCUT2D eigenvalue weighted by Gasteiger charge is 2.15. The van der Waals surface area contributed by atoms with E-state index in [1.807, 2.05) is 37.3 Å². The summed E-state index contributed by atoms with van der Waals surface area (Å²) in [5, 5.41) is 3.46. The minimum atomic E-state index is -0.136. The fourth-order valence-corrected chi connectivity index (χ4v) is 3.05. The first-order valence-electron chi connectivity index (χ1n) is 7.19. The topological polar surface area (TPSA) is 90.1 Å². The molecule has 3 rings (SSSR count). The summed E-state index contributed by atoms with van der Waals surface area (Å²) in [5.74, 6) is 0.385. The molecule has 7 heteroatoms. The first kappa shape index (κ1) is 15.2. The molecule has 0 bridgehead atoms. The number of carbonyl (C=O) groups is 1. The second-order valence-electron chi connectivity index (χ2n) is 4.85. The van der Waals surface area contributed by atoms with E-state index in [9.17, 15) is 4.79 Å². The number of hydrogen-bond donors (Lipinski definition) is 2. The third-order valence-corrected chi connectivity index (χ3v) is 4.18. The van der Waals surface area contributed by atoms with Gasteiger partial charge in [0.15, 0.2) is 0 Å². The van der Waals surface area contributed by atoms with Crippen molar-refractivity contribution in [3.8, 4) is 5.88 Å². The summed E-state index contributed by atoms with van der Waals surface area (Å²) in [6.07, 6.45) is 0. The standard InChI is InChI=1S/C16H16N4O2S/c1-2-18-13(21)12-8-11-14(19-16(17)20-15(11)23-12)22-9-10-6-4-3-5-7-10/h3-8H,2,9H2,1H3,(H,18,21)(H2,17,19,20). The molecule has 0 radical (unpaired) electrons. The molecule has 2 heterocycles. The molecule has 1 amide bonds. The fourth-order valence-electron chi connectivity index (χ4n) is 2.11. The van der Waals surface area contributed by atoms with Crippen LogP contribution in [-0.4, -0.2) is 22.4 Å². The van der Waals surface area contributed by atoms with Crippen LogP contribution in [0.5, 0.6) is 5.88 Å². The number of aromatic nitrogens is 2. The average molecular weight is 328 g/mol. The number of nitrogens with zero attached hydrogens (tertiary/aromatic N) is 2. The summed E-state index contributed by atoms with van der Waals surface area (Å²) in [6.45, 7) is 2.81. The number of rotatable bonds is 5. The molecule has 118 valence electrons. The van der Waals surface area contributed by atoms with Crippen molar-refractivity contribution in [2.45, 2.75) is 13.5 Å². The van der Waals surface area contributed by atoms with Crippen molar-refractivity contribution in [2.24, 2.45) is 0 Å². The highest BCUT2D eigenvalue weighted by molar-refractivity contribution is 7.20. The molecule has 6 nitrogen and oxygen atoms in total. The molecular formula is C16H16N4O2S. The molecule has 1 aromatic carbocycles. The average Bonchev–Trinajstić information content (AvgIpc) is 2.98. The number of nitrogen functional groups attached to an aromatic ring is 1. The maximum atomic E-state index is 12.0. The largest absolute Gasteiger partial charge is 0.472 e. The molecule has 0 saturated heterocycles. The summed E-state index contributed by atoms with van der Waals surface area (Å²) in [5.41, 5.74) is 6.77. The van der Waals surface area contributed by atoms with Crippen LogP contribution in [0.15, 0.2) is 36.4 Å². The van der Waals surface area contributed by atoms with Crippen LogP contribution in [-0.2, 0) is 6.61 Å². The van der Waals surface area contributed by atoms with Gasteiger partial charge in [-0.05, 0) is 18.6 Å². The molecule has 3 aromatic rings. The zero-order valence-electron chi connectivity index (χ0n) is 12.6. The Hall–Kier alpha value is -2.67. The molecule has 0 aliphatic carbocycles. The molecule has 0 saturated carbocycles. The fraction of sp³-hybridized carbons (Fsp3) is 0.188. The molecule has 0 fully saturated rings. The minimum absolute atomic E-state index is 0.130. The van der Waals surface area contributed by atoms with Crippen LogP contribution in [0, 0.1) is 0 Å². The lowest BCUT2D eigenvalue weighted by Crippen LogP contribution is -2.21. The summed E-state index contributed by atoms with van der Waals surface area (Å²) in [4.78, 5) is 21.5. The minimum Gasteiger partial charge on any atom is -0.472 e. The lowest BCUT2D eigenvalue weighted by atomic mass is 10.2. The van der Waals surface area contributed by atoms with Crippen LogP contribution in [0.25, 0.3) is 10.2 Å². The molecule has 0 aliphatic rings. The van der Waals surface area contributed by atoms with Crippen LogP contribution in [0.4, 0.5) is 5.95 Å². The summed E-state index contributed by atoms with van der Waals surface area (Å²) in [6, 6.07) is 11.5. The third kappa shape index (κ3) is 3.40. The van der Waals surface area contributed by atoms with Gasteiger partial charge in [0.2, 0.25) is 11.8 Å². The number of benzene rings is 1. The number of fused-ring (bicyclic) bond motifs is 1. The second-order valence-corrected chi connectivity index (χ2v) is 5.88. The van der Waals surface area contributed by atoms with Crippen molar-refractivity contribution >= 4 is 33.4 Å². The highest BCUT2D eigenvalue weighted by Crippen LogP contribution is 2.31. The maximum absolute atomic E-state index is 12.0. The number of ether oxygens (including phenoxy) is 1. The van der Waals surface area contributed by atoms with E-state index in [0.717, 1.165) is 5.56 Å². The number of carbonyl (C=O) groups excluding carboxylic acids is 1. The van der Waals surface area contributed by atoms with Gasteiger partial charge in [0.1, 0.15) is 11.4 Å². The molecule has 0 unspecified atom stereocenters. The Kier molecular flexibility index (Phi) is 4.38. The Bertz CT molecular complexity index is 833. The normalized spacial score (nSPS) is 10.7. The van der Waals surface area contributed by atoms with Gasteiger partial charge in [0.05, 0.1) is 10.3 Å². The van der Waals surface area contributed by atoms with E-state index in [2.05, 4.69) is 15.3 Å². The number of hydrogen-bond acceptors (Lipinski definition) is 6. The van der Waals surface area contributed by atoms with Crippen LogP contribution >= 0.6 is 11.3 Å². The number of nitrogens with two attached hydrogens (primary N) is 1. The van der Waals surface area contributed by atoms with Gasteiger partial charge in [-0.1, -0.05) is 30.3 Å². The van der Waals surface area contributed by atoms with Crippen molar-refractivity contribution in [1.82, 2.24) is 15.3 Å². The lowest BCUT2D eigenvalue weighted by Gasteiger charge is -2.06. The van der Waals surface area contributed by atoms with Gasteiger partial charge in [0, 0.05) is 6.54 Å². The zero-order valence-corrected chi connectivity index (χ0v) is 13.4. The van der Waals surface area contributed by atoms with Crippen LogP contribution in [0.3, 0.4) is 0 Å². The molecule has 0 aliphatic heterocycles. The predicted molar refractivity (Wildman–Crippen MR) is 90.6 cm³/mol. The van der Waals surface area contributed by atoms with E-state index < -0.39 is 0 Å². The van der Waals surface area contributed by atoms with Gasteiger partial charge in [-0.2, -0.15) is 4.98 Å². The number of nitrogens with one attached hydrogen (secondary N) is 1. The second kappa shape index (κ2) is 6.62. The SMILES string of the molecule is CCNC(=O)c1cc2c(OCc3ccccc3)nc(N)nc2s1. The van der Waals surface area contributed by atoms with E-state index in [-0.39, 0.29) is 11.9 Å². The smallest absolute Gasteiger partial charge is 0.261 e. The first-order valence-corrected chi connectivity index (χ1v) is 8.01. The summed E-state index contributed by atoms with van der Waals surface area (Å²) >= 11 is 1.27. The monoisotopic (exact) mass is 328 g/mol. The van der Waals surface area contributed by atoms with Crippen molar-refractivity contribution < 1.29 is 9.53 Å². The zero-order chi connectivity index (χ0) is 16.2.